The molecule has 10 nitrogen and oxygen atoms in total. The lowest BCUT2D eigenvalue weighted by Gasteiger charge is -2.37. The Morgan fingerprint density at radius 1 is 0.698 bits per heavy atom. The molecule has 4 aliphatic rings. The first-order valence-electron chi connectivity index (χ1n) is 22.0. The van der Waals surface area contributed by atoms with E-state index >= 15 is 0 Å². The largest absolute Gasteiger partial charge is 0.465 e. The Hall–Kier alpha value is -5.32. The summed E-state index contributed by atoms with van der Waals surface area (Å²) >= 11 is 0. The third-order valence-electron chi connectivity index (χ3n) is 11.2. The van der Waals surface area contributed by atoms with Gasteiger partial charge in [-0.15, -0.1) is 0 Å². The summed E-state index contributed by atoms with van der Waals surface area (Å²) in [6, 6.07) is 0. The highest BCUT2D eigenvalue weighted by molar-refractivity contribution is 6.02. The van der Waals surface area contributed by atoms with E-state index in [4.69, 9.17) is 14.6 Å². The summed E-state index contributed by atoms with van der Waals surface area (Å²) in [5.41, 5.74) is 7.14. The fourth-order valence-electron chi connectivity index (χ4n) is 7.55. The van der Waals surface area contributed by atoms with Crippen molar-refractivity contribution in [3.05, 3.63) is 143 Å². The second kappa shape index (κ2) is 26.3. The van der Waals surface area contributed by atoms with Crippen LogP contribution in [0.2, 0.25) is 0 Å². The maximum absolute atomic E-state index is 12.9. The third-order valence-corrected chi connectivity index (χ3v) is 11.2. The lowest BCUT2D eigenvalue weighted by Crippen LogP contribution is -2.45. The number of hydrogen-bond acceptors (Lipinski definition) is 7. The van der Waals surface area contributed by atoms with Gasteiger partial charge in [0, 0.05) is 32.6 Å². The fourth-order valence-corrected chi connectivity index (χ4v) is 7.55. The summed E-state index contributed by atoms with van der Waals surface area (Å²) in [4.78, 5) is 50.7. The highest BCUT2D eigenvalue weighted by Crippen LogP contribution is 2.41. The van der Waals surface area contributed by atoms with Gasteiger partial charge in [-0.2, -0.15) is 0 Å². The van der Waals surface area contributed by atoms with Crippen LogP contribution in [0.4, 0.5) is 9.59 Å². The van der Waals surface area contributed by atoms with E-state index < -0.39 is 24.4 Å². The maximum atomic E-state index is 12.9. The highest BCUT2D eigenvalue weighted by atomic mass is 16.6. The first-order chi connectivity index (χ1) is 29.6. The molecule has 2 amide bonds. The number of carbonyl (C=O) groups excluding carboxylic acids is 3. The van der Waals surface area contributed by atoms with Gasteiger partial charge in [0.25, 0.3) is 0 Å². The molecule has 2 saturated heterocycles. The van der Waals surface area contributed by atoms with E-state index in [-0.39, 0.29) is 22.4 Å². The van der Waals surface area contributed by atoms with Crippen LogP contribution in [0.15, 0.2) is 143 Å². The Bertz CT molecular complexity index is 1960. The summed E-state index contributed by atoms with van der Waals surface area (Å²) in [5.74, 6) is -0.275. The van der Waals surface area contributed by atoms with Crippen molar-refractivity contribution in [2.45, 2.75) is 114 Å². The maximum Gasteiger partial charge on any atom is 0.410 e. The van der Waals surface area contributed by atoms with Gasteiger partial charge in [-0.05, 0) is 100 Å². The quantitative estimate of drug-likeness (QED) is 0.196. The predicted octanol–water partition coefficient (Wildman–Crippen LogP) is 11.3. The number of carbonyl (C=O) groups is 4. The molecule has 2 atom stereocenters. The molecule has 2 aliphatic carbocycles. The van der Waals surface area contributed by atoms with E-state index in [1.54, 1.807) is 17.9 Å². The molecule has 2 N–H and O–H groups in total. The van der Waals surface area contributed by atoms with Crippen LogP contribution in [0, 0.1) is 10.8 Å². The van der Waals surface area contributed by atoms with Gasteiger partial charge in [0.05, 0.1) is 13.2 Å². The summed E-state index contributed by atoms with van der Waals surface area (Å²) in [6.45, 7) is 30.9. The molecule has 344 valence electrons. The number of aliphatic hydroxyl groups is 1. The molecule has 0 radical (unpaired) electrons. The number of rotatable bonds is 11. The van der Waals surface area contributed by atoms with Crippen molar-refractivity contribution >= 4 is 23.8 Å². The minimum atomic E-state index is -0.878. The summed E-state index contributed by atoms with van der Waals surface area (Å²) in [6.07, 6.45) is 29.0. The zero-order chi connectivity index (χ0) is 47.3. The number of likely N-dealkylation sites (tertiary alicyclic amines) is 1. The van der Waals surface area contributed by atoms with Crippen LogP contribution in [0.3, 0.4) is 0 Å². The average Bonchev–Trinajstić information content (AvgIpc) is 3.22. The summed E-state index contributed by atoms with van der Waals surface area (Å²) in [5, 5.41) is 18.3. The smallest absolute Gasteiger partial charge is 0.410 e. The number of nitrogens with zero attached hydrogens (tertiary/aromatic N) is 2. The first kappa shape index (κ1) is 53.8. The topological polar surface area (TPSA) is 134 Å². The van der Waals surface area contributed by atoms with E-state index in [0.717, 1.165) is 59.4 Å². The van der Waals surface area contributed by atoms with Gasteiger partial charge in [-0.1, -0.05) is 148 Å². The molecule has 2 aliphatic heterocycles. The minimum absolute atomic E-state index is 0.116. The number of hydrogen-bond donors (Lipinski definition) is 2. The van der Waals surface area contributed by atoms with Crippen molar-refractivity contribution in [2.75, 3.05) is 39.4 Å². The number of ketones is 2. The molecule has 2 unspecified atom stereocenters. The molecular formula is C53H74N2O8. The molecule has 0 spiro atoms. The lowest BCUT2D eigenvalue weighted by molar-refractivity contribution is -0.127. The van der Waals surface area contributed by atoms with E-state index in [0.29, 0.717) is 50.3 Å². The summed E-state index contributed by atoms with van der Waals surface area (Å²) < 4.78 is 10.9. The van der Waals surface area contributed by atoms with Gasteiger partial charge in [-0.25, -0.2) is 9.59 Å². The molecule has 0 bridgehead atoms. The number of Topliss-reactive ketones (excluding diaryl/α,β-unsaturated/α-hetero) is 2. The molecule has 0 aromatic carbocycles. The molecule has 63 heavy (non-hydrogen) atoms. The van der Waals surface area contributed by atoms with E-state index in [9.17, 15) is 24.3 Å². The van der Waals surface area contributed by atoms with Gasteiger partial charge in [0.1, 0.15) is 6.10 Å². The third kappa shape index (κ3) is 18.5. The molecule has 0 aromatic rings. The second-order valence-corrected chi connectivity index (χ2v) is 17.9. The Morgan fingerprint density at radius 3 is 1.70 bits per heavy atom. The fraction of sp³-hybridized carbons (Fsp3) is 0.472. The van der Waals surface area contributed by atoms with E-state index in [1.807, 2.05) is 114 Å². The normalized spacial score (nSPS) is 22.5. The Labute approximate surface area is 377 Å². The van der Waals surface area contributed by atoms with Gasteiger partial charge in [0.2, 0.25) is 0 Å². The van der Waals surface area contributed by atoms with Crippen LogP contribution in [-0.4, -0.2) is 95.4 Å². The Kier molecular flexibility index (Phi) is 22.5. The second-order valence-electron chi connectivity index (χ2n) is 17.9. The zero-order valence-corrected chi connectivity index (χ0v) is 39.7. The van der Waals surface area contributed by atoms with Crippen LogP contribution in [0.5, 0.6) is 0 Å². The van der Waals surface area contributed by atoms with Crippen LogP contribution >= 0.6 is 0 Å². The average molecular weight is 867 g/mol. The molecule has 0 aromatic heterocycles. The number of piperidine rings is 1. The monoisotopic (exact) mass is 867 g/mol. The zero-order valence-electron chi connectivity index (χ0n) is 39.7. The number of aliphatic hydroxyl groups excluding tert-OH is 1. The number of amides is 2. The van der Waals surface area contributed by atoms with Crippen molar-refractivity contribution in [3.63, 3.8) is 0 Å². The van der Waals surface area contributed by atoms with Gasteiger partial charge >= 0.3 is 12.2 Å². The van der Waals surface area contributed by atoms with Crippen LogP contribution in [-0.2, 0) is 19.1 Å². The van der Waals surface area contributed by atoms with Crippen LogP contribution in [0.1, 0.15) is 101 Å². The van der Waals surface area contributed by atoms with Crippen molar-refractivity contribution in [1.82, 2.24) is 9.80 Å². The van der Waals surface area contributed by atoms with Gasteiger partial charge < -0.3 is 29.5 Å². The number of ether oxygens (including phenoxy) is 2. The standard InChI is InChI=1S/C24H33NO4.C23H30O2.C6H11NO2/c1-17(2)8-7-9-18(3)10-11-20-19(4)22(26)21(16-24(20,5)6)29-23(27)25-12-14-28-15-13-25;1-7-8-9-11-17(2)12-10-13-18(3)14-15-20-19(4)22(25)21(24)16-23(20,5)6;8-6(9)7-4-2-1-3-5-7/h7-11,21H,1,12-16H2,2-6H3;7-15,21,24H,1,16H2,2-6H3;1-5H2,(H,8,9)/b8-7+,11-10+,18-9+;9-8+,12-10+,15-14+,17-11+,18-13+;. The van der Waals surface area contributed by atoms with E-state index in [2.05, 4.69) is 40.9 Å². The Balaban J connectivity index is 0.000000364. The number of morpholine rings is 1. The Morgan fingerprint density at radius 2 is 1.19 bits per heavy atom. The van der Waals surface area contributed by atoms with Crippen molar-refractivity contribution in [1.29, 1.82) is 0 Å². The summed E-state index contributed by atoms with van der Waals surface area (Å²) in [7, 11) is 0. The van der Waals surface area contributed by atoms with Crippen molar-refractivity contribution in [3.8, 4) is 0 Å². The van der Waals surface area contributed by atoms with Gasteiger partial charge in [-0.3, -0.25) is 9.59 Å². The molecule has 2 heterocycles. The molecule has 10 heteroatoms. The molecule has 0 saturated carbocycles. The first-order valence-corrected chi connectivity index (χ1v) is 22.0. The number of carboxylic acid groups (broad SMARTS) is 1. The molecule has 2 fully saturated rings. The molecule has 4 rings (SSSR count). The SMILES string of the molecule is C=C(C)/C=C/C=C(C)/C=C/C1=C(C)C(=O)C(OC(=O)N2CCOCC2)CC1(C)C.C=C/C=C/C=C(C)/C=C/C=C(C)/C=C/C1=C(C)C(=O)C(O)CC1(C)C.O=C(O)N1CCCCC1. The van der Waals surface area contributed by atoms with Crippen LogP contribution < -0.4 is 0 Å². The van der Waals surface area contributed by atoms with Crippen LogP contribution in [0.25, 0.3) is 0 Å². The predicted molar refractivity (Wildman–Crippen MR) is 256 cm³/mol. The number of allylic oxidation sites excluding steroid dienone is 20. The highest BCUT2D eigenvalue weighted by Gasteiger charge is 2.41. The molecular weight excluding hydrogens is 793 g/mol. The minimum Gasteiger partial charge on any atom is -0.465 e. The van der Waals surface area contributed by atoms with Crippen molar-refractivity contribution in [2.24, 2.45) is 10.8 Å². The van der Waals surface area contributed by atoms with Gasteiger partial charge in [0.15, 0.2) is 17.7 Å². The lowest BCUT2D eigenvalue weighted by atomic mass is 9.71. The van der Waals surface area contributed by atoms with Crippen molar-refractivity contribution < 1.29 is 38.9 Å². The van der Waals surface area contributed by atoms with E-state index in [1.165, 1.54) is 11.3 Å².